The Morgan fingerprint density at radius 3 is 2.41 bits per heavy atom. The van der Waals surface area contributed by atoms with Gasteiger partial charge in [-0.05, 0) is 63.4 Å². The van der Waals surface area contributed by atoms with E-state index in [4.69, 9.17) is 4.99 Å². The van der Waals surface area contributed by atoms with E-state index >= 15 is 0 Å². The first-order valence-electron chi connectivity index (χ1n) is 10.2. The second-order valence-corrected chi connectivity index (χ2v) is 7.67. The number of fused-ring (bicyclic) bond motifs is 2. The van der Waals surface area contributed by atoms with Crippen LogP contribution in [0.15, 0.2) is 101 Å². The van der Waals surface area contributed by atoms with Gasteiger partial charge in [0.25, 0.3) is 0 Å². The number of hydrogen-bond acceptors (Lipinski definition) is 1. The van der Waals surface area contributed by atoms with E-state index in [2.05, 4.69) is 104 Å². The summed E-state index contributed by atoms with van der Waals surface area (Å²) in [4.78, 5) is 4.96. The molecule has 0 N–H and O–H groups in total. The first-order chi connectivity index (χ1) is 14.3. The van der Waals surface area contributed by atoms with E-state index < -0.39 is 0 Å². The summed E-state index contributed by atoms with van der Waals surface area (Å²) in [6.45, 7) is 2.10. The third-order valence-corrected chi connectivity index (χ3v) is 5.65. The molecule has 0 saturated carbocycles. The van der Waals surface area contributed by atoms with Gasteiger partial charge in [-0.25, -0.2) is 0 Å². The second kappa shape index (κ2) is 7.52. The molecule has 1 heteroatoms. The van der Waals surface area contributed by atoms with Crippen molar-refractivity contribution in [1.29, 1.82) is 0 Å². The average molecular weight is 373 g/mol. The molecule has 1 aliphatic carbocycles. The van der Waals surface area contributed by atoms with E-state index in [9.17, 15) is 0 Å². The van der Waals surface area contributed by atoms with Gasteiger partial charge < -0.3 is 0 Å². The Balaban J connectivity index is 1.48. The fourth-order valence-corrected chi connectivity index (χ4v) is 4.10. The van der Waals surface area contributed by atoms with Crippen molar-refractivity contribution in [2.45, 2.75) is 19.8 Å². The van der Waals surface area contributed by atoms with Crippen LogP contribution >= 0.6 is 0 Å². The van der Waals surface area contributed by atoms with Gasteiger partial charge in [0.05, 0.1) is 0 Å². The Kier molecular flexibility index (Phi) is 4.57. The van der Waals surface area contributed by atoms with Gasteiger partial charge in [-0.1, -0.05) is 85.0 Å². The summed E-state index contributed by atoms with van der Waals surface area (Å²) in [5, 5.41) is 5.12. The molecule has 140 valence electrons. The van der Waals surface area contributed by atoms with Gasteiger partial charge in [-0.15, -0.1) is 0 Å². The number of nitrogens with zero attached hydrogens (tertiary/aromatic N) is 1. The minimum Gasteiger partial charge on any atom is -0.258 e. The van der Waals surface area contributed by atoms with Gasteiger partial charge in [0, 0.05) is 17.8 Å². The molecule has 0 radical (unpaired) electrons. The van der Waals surface area contributed by atoms with Crippen molar-refractivity contribution in [2.75, 3.05) is 0 Å². The lowest BCUT2D eigenvalue weighted by molar-refractivity contribution is 1.25. The second-order valence-electron chi connectivity index (χ2n) is 7.67. The summed E-state index contributed by atoms with van der Waals surface area (Å²) in [6, 6.07) is 23.8. The summed E-state index contributed by atoms with van der Waals surface area (Å²) in [7, 11) is 0. The van der Waals surface area contributed by atoms with Crippen molar-refractivity contribution < 1.29 is 0 Å². The number of allylic oxidation sites excluding steroid dienone is 6. The summed E-state index contributed by atoms with van der Waals surface area (Å²) in [5.41, 5.74) is 6.01. The van der Waals surface area contributed by atoms with Crippen LogP contribution < -0.4 is 10.4 Å². The van der Waals surface area contributed by atoms with Crippen molar-refractivity contribution in [1.82, 2.24) is 0 Å². The Morgan fingerprint density at radius 1 is 0.724 bits per heavy atom. The smallest absolute Gasteiger partial charge is 0.0479 e. The van der Waals surface area contributed by atoms with Gasteiger partial charge in [0.2, 0.25) is 0 Å². The van der Waals surface area contributed by atoms with E-state index in [1.807, 2.05) is 0 Å². The molecule has 5 rings (SSSR count). The highest BCUT2D eigenvalue weighted by Crippen LogP contribution is 2.27. The molecule has 0 saturated heterocycles. The van der Waals surface area contributed by atoms with Crippen molar-refractivity contribution in [3.8, 4) is 0 Å². The Morgan fingerprint density at radius 2 is 1.52 bits per heavy atom. The highest BCUT2D eigenvalue weighted by Gasteiger charge is 2.11. The van der Waals surface area contributed by atoms with Crippen LogP contribution in [-0.2, 0) is 0 Å². The topological polar surface area (TPSA) is 12.4 Å². The Hall–Kier alpha value is -3.45. The normalized spacial score (nSPS) is 16.2. The van der Waals surface area contributed by atoms with E-state index in [0.717, 1.165) is 24.3 Å². The number of rotatable bonds is 2. The molecule has 1 aliphatic heterocycles. The quantitative estimate of drug-likeness (QED) is 0.557. The van der Waals surface area contributed by atoms with Crippen LogP contribution in [0.1, 0.15) is 25.3 Å². The lowest BCUT2D eigenvalue weighted by Crippen LogP contribution is -2.22. The SMILES string of the molecule is CC1=CC(c2ccc3ccccc3c2)=CCC(C2=CC=c3ccccc3=CC2)=N1. The summed E-state index contributed by atoms with van der Waals surface area (Å²) < 4.78 is 0. The zero-order valence-electron chi connectivity index (χ0n) is 16.6. The molecular formula is C28H23N. The van der Waals surface area contributed by atoms with E-state index in [0.29, 0.717) is 0 Å². The third-order valence-electron chi connectivity index (χ3n) is 5.65. The maximum atomic E-state index is 4.96. The molecule has 29 heavy (non-hydrogen) atoms. The zero-order valence-corrected chi connectivity index (χ0v) is 16.6. The van der Waals surface area contributed by atoms with Crippen LogP contribution in [-0.4, -0.2) is 5.71 Å². The minimum atomic E-state index is 0.847. The van der Waals surface area contributed by atoms with E-state index in [1.165, 1.54) is 37.9 Å². The molecule has 0 aromatic heterocycles. The van der Waals surface area contributed by atoms with Crippen LogP contribution in [0.25, 0.3) is 28.5 Å². The van der Waals surface area contributed by atoms with Gasteiger partial charge in [-0.3, -0.25) is 4.99 Å². The standard InChI is InChI=1S/C28H23N/c1-20-18-26(27-15-12-23-8-4-5-9-25(23)19-27)16-17-28(29-20)24-13-10-21-6-2-3-7-22(21)11-14-24/h2-13,15-16,18-19H,14,17H2,1H3. The molecular weight excluding hydrogens is 350 g/mol. The van der Waals surface area contributed by atoms with Crippen molar-refractivity contribution >= 4 is 34.2 Å². The summed E-state index contributed by atoms with van der Waals surface area (Å²) >= 11 is 0. The molecule has 1 nitrogen and oxygen atoms in total. The summed E-state index contributed by atoms with van der Waals surface area (Å²) in [6.07, 6.45) is 13.1. The lowest BCUT2D eigenvalue weighted by Gasteiger charge is -2.06. The van der Waals surface area contributed by atoms with Crippen molar-refractivity contribution in [3.63, 3.8) is 0 Å². The average Bonchev–Trinajstić information content (AvgIpc) is 3.09. The summed E-state index contributed by atoms with van der Waals surface area (Å²) in [5.74, 6) is 0. The maximum Gasteiger partial charge on any atom is 0.0479 e. The fraction of sp³-hybridized carbons (Fsp3) is 0.107. The van der Waals surface area contributed by atoms with Crippen LogP contribution in [0.5, 0.6) is 0 Å². The first kappa shape index (κ1) is 17.6. The van der Waals surface area contributed by atoms with Crippen molar-refractivity contribution in [2.24, 2.45) is 4.99 Å². The molecule has 3 aromatic carbocycles. The van der Waals surface area contributed by atoms with Crippen molar-refractivity contribution in [3.05, 3.63) is 112 Å². The van der Waals surface area contributed by atoms with E-state index in [-0.39, 0.29) is 0 Å². The lowest BCUT2D eigenvalue weighted by atomic mass is 9.98. The monoisotopic (exact) mass is 373 g/mol. The highest BCUT2D eigenvalue weighted by molar-refractivity contribution is 6.05. The van der Waals surface area contributed by atoms with E-state index in [1.54, 1.807) is 0 Å². The molecule has 0 unspecified atom stereocenters. The predicted molar refractivity (Wildman–Crippen MR) is 125 cm³/mol. The first-order valence-corrected chi connectivity index (χ1v) is 10.2. The van der Waals surface area contributed by atoms with Crippen LogP contribution in [0.4, 0.5) is 0 Å². The molecule has 0 bridgehead atoms. The number of benzene rings is 3. The zero-order chi connectivity index (χ0) is 19.6. The molecule has 0 amide bonds. The maximum absolute atomic E-state index is 4.96. The van der Waals surface area contributed by atoms with Gasteiger partial charge in [0.1, 0.15) is 0 Å². The van der Waals surface area contributed by atoms with Crippen LogP contribution in [0, 0.1) is 0 Å². The van der Waals surface area contributed by atoms with Crippen LogP contribution in [0.3, 0.4) is 0 Å². The molecule has 0 fully saturated rings. The van der Waals surface area contributed by atoms with Gasteiger partial charge >= 0.3 is 0 Å². The molecule has 0 atom stereocenters. The molecule has 0 spiro atoms. The fourth-order valence-electron chi connectivity index (χ4n) is 4.10. The molecule has 2 aliphatic rings. The third kappa shape index (κ3) is 3.64. The van der Waals surface area contributed by atoms with Crippen LogP contribution in [0.2, 0.25) is 0 Å². The number of aliphatic imine (C=N–C) groups is 1. The molecule has 3 aromatic rings. The Bertz CT molecular complexity index is 1350. The Labute approximate surface area is 171 Å². The minimum absolute atomic E-state index is 0.847. The van der Waals surface area contributed by atoms with Gasteiger partial charge in [0.15, 0.2) is 0 Å². The number of hydrogen-bond donors (Lipinski definition) is 0. The highest BCUT2D eigenvalue weighted by atomic mass is 14.8. The van der Waals surface area contributed by atoms with Gasteiger partial charge in [-0.2, -0.15) is 0 Å². The predicted octanol–water partition coefficient (Wildman–Crippen LogP) is 5.56. The largest absolute Gasteiger partial charge is 0.258 e. The molecule has 1 heterocycles.